The van der Waals surface area contributed by atoms with Gasteiger partial charge in [0.1, 0.15) is 11.5 Å². The van der Waals surface area contributed by atoms with Crippen LogP contribution >= 0.6 is 11.6 Å². The van der Waals surface area contributed by atoms with Crippen LogP contribution in [0.3, 0.4) is 0 Å². The van der Waals surface area contributed by atoms with Crippen molar-refractivity contribution in [1.82, 2.24) is 10.9 Å². The molecule has 0 bridgehead atoms. The quantitative estimate of drug-likeness (QED) is 0.251. The van der Waals surface area contributed by atoms with E-state index < -0.39 is 24.4 Å². The highest BCUT2D eigenvalue weighted by Crippen LogP contribution is 2.25. The van der Waals surface area contributed by atoms with Crippen molar-refractivity contribution in [2.45, 2.75) is 33.1 Å². The standard InChI is InChI=1S/C28H28ClN3O6/c1-18-14-19(2)16-22(15-18)38-21-12-10-20(11-13-21)30-25(33)8-5-9-27(35)37-17-26(34)31-32-28(36)23-6-3-4-7-24(23)29/h3-4,6-7,10-16H,5,8-9,17H2,1-2H3,(H,30,33)(H,31,34)(H,32,36). The summed E-state index contributed by atoms with van der Waals surface area (Å²) in [5, 5.41) is 2.99. The number of nitrogens with one attached hydrogen (secondary N) is 3. The Labute approximate surface area is 225 Å². The second-order valence-electron chi connectivity index (χ2n) is 8.49. The zero-order valence-corrected chi connectivity index (χ0v) is 21.8. The monoisotopic (exact) mass is 537 g/mol. The number of ether oxygens (including phenoxy) is 2. The third-order valence-corrected chi connectivity index (χ3v) is 5.48. The summed E-state index contributed by atoms with van der Waals surface area (Å²) in [7, 11) is 0. The van der Waals surface area contributed by atoms with Crippen LogP contribution in [-0.4, -0.2) is 30.3 Å². The normalized spacial score (nSPS) is 10.3. The van der Waals surface area contributed by atoms with Crippen molar-refractivity contribution in [2.24, 2.45) is 0 Å². The Kier molecular flexibility index (Phi) is 10.2. The van der Waals surface area contributed by atoms with Crippen LogP contribution in [0, 0.1) is 13.8 Å². The topological polar surface area (TPSA) is 123 Å². The van der Waals surface area contributed by atoms with E-state index in [0.717, 1.165) is 16.9 Å². The number of hydrazine groups is 1. The zero-order chi connectivity index (χ0) is 27.5. The van der Waals surface area contributed by atoms with Crippen LogP contribution in [0.5, 0.6) is 11.5 Å². The first-order chi connectivity index (χ1) is 18.2. The maximum absolute atomic E-state index is 12.2. The Hall–Kier alpha value is -4.37. The summed E-state index contributed by atoms with van der Waals surface area (Å²) in [6.45, 7) is 3.42. The van der Waals surface area contributed by atoms with Crippen LogP contribution in [0.15, 0.2) is 66.7 Å². The van der Waals surface area contributed by atoms with Gasteiger partial charge in [0.25, 0.3) is 11.8 Å². The molecule has 198 valence electrons. The van der Waals surface area contributed by atoms with Gasteiger partial charge < -0.3 is 14.8 Å². The van der Waals surface area contributed by atoms with Gasteiger partial charge in [0.05, 0.1) is 10.6 Å². The maximum Gasteiger partial charge on any atom is 0.306 e. The summed E-state index contributed by atoms with van der Waals surface area (Å²) in [4.78, 5) is 47.9. The van der Waals surface area contributed by atoms with Gasteiger partial charge >= 0.3 is 5.97 Å². The van der Waals surface area contributed by atoms with Crippen LogP contribution in [-0.2, 0) is 19.1 Å². The SMILES string of the molecule is Cc1cc(C)cc(Oc2ccc(NC(=O)CCCC(=O)OCC(=O)NNC(=O)c3ccccc3Cl)cc2)c1. The molecule has 0 aliphatic carbocycles. The molecule has 9 nitrogen and oxygen atoms in total. The second kappa shape index (κ2) is 13.8. The number of benzene rings is 3. The zero-order valence-electron chi connectivity index (χ0n) is 21.0. The van der Waals surface area contributed by atoms with Gasteiger partial charge in [-0.15, -0.1) is 0 Å². The lowest BCUT2D eigenvalue weighted by molar-refractivity contribution is -0.148. The highest BCUT2D eigenvalue weighted by Gasteiger charge is 2.13. The Morgan fingerprint density at radius 2 is 1.47 bits per heavy atom. The smallest absolute Gasteiger partial charge is 0.306 e. The van der Waals surface area contributed by atoms with Crippen molar-refractivity contribution >= 4 is 41.0 Å². The highest BCUT2D eigenvalue weighted by atomic mass is 35.5. The lowest BCUT2D eigenvalue weighted by Gasteiger charge is -2.10. The summed E-state index contributed by atoms with van der Waals surface area (Å²) in [6.07, 6.45) is 0.287. The molecule has 3 rings (SSSR count). The van der Waals surface area contributed by atoms with Crippen molar-refractivity contribution < 1.29 is 28.7 Å². The van der Waals surface area contributed by atoms with E-state index in [1.807, 2.05) is 26.0 Å². The minimum atomic E-state index is -0.721. The average Bonchev–Trinajstić information content (AvgIpc) is 2.87. The average molecular weight is 538 g/mol. The van der Waals surface area contributed by atoms with E-state index >= 15 is 0 Å². The Morgan fingerprint density at radius 1 is 0.789 bits per heavy atom. The molecule has 0 unspecified atom stereocenters. The summed E-state index contributed by atoms with van der Waals surface area (Å²) in [5.74, 6) is -0.848. The molecule has 0 aliphatic heterocycles. The van der Waals surface area contributed by atoms with E-state index in [4.69, 9.17) is 21.1 Å². The number of carbonyl (C=O) groups excluding carboxylic acids is 4. The van der Waals surface area contributed by atoms with Crippen molar-refractivity contribution in [3.05, 3.63) is 88.4 Å². The van der Waals surface area contributed by atoms with E-state index in [2.05, 4.69) is 22.2 Å². The Morgan fingerprint density at radius 3 is 2.16 bits per heavy atom. The minimum absolute atomic E-state index is 0.0463. The maximum atomic E-state index is 12.2. The molecular formula is C28H28ClN3O6. The third kappa shape index (κ3) is 9.25. The molecule has 0 saturated heterocycles. The summed E-state index contributed by atoms with van der Waals surface area (Å²) in [5.41, 5.74) is 7.33. The van der Waals surface area contributed by atoms with Crippen LogP contribution < -0.4 is 20.9 Å². The van der Waals surface area contributed by atoms with Gasteiger partial charge in [-0.1, -0.05) is 29.8 Å². The molecule has 0 heterocycles. The molecule has 0 aromatic heterocycles. The number of rotatable bonds is 10. The number of anilines is 1. The predicted molar refractivity (Wildman–Crippen MR) is 143 cm³/mol. The molecule has 0 fully saturated rings. The van der Waals surface area contributed by atoms with E-state index in [1.54, 1.807) is 42.5 Å². The van der Waals surface area contributed by atoms with Crippen LogP contribution in [0.4, 0.5) is 5.69 Å². The lowest BCUT2D eigenvalue weighted by Crippen LogP contribution is -2.43. The second-order valence-corrected chi connectivity index (χ2v) is 8.90. The first kappa shape index (κ1) is 28.2. The number of hydrogen-bond donors (Lipinski definition) is 3. The number of halogens is 1. The van der Waals surface area contributed by atoms with Gasteiger partial charge in [-0.05, 0) is 79.9 Å². The van der Waals surface area contributed by atoms with Crippen LogP contribution in [0.1, 0.15) is 40.7 Å². The number of carbonyl (C=O) groups is 4. The highest BCUT2D eigenvalue weighted by molar-refractivity contribution is 6.33. The van der Waals surface area contributed by atoms with E-state index in [0.29, 0.717) is 11.4 Å². The van der Waals surface area contributed by atoms with Gasteiger partial charge in [-0.2, -0.15) is 0 Å². The molecule has 10 heteroatoms. The molecule has 3 aromatic carbocycles. The molecule has 0 radical (unpaired) electrons. The Bertz CT molecular complexity index is 1290. The molecule has 3 aromatic rings. The van der Waals surface area contributed by atoms with E-state index in [-0.39, 0.29) is 35.8 Å². The van der Waals surface area contributed by atoms with Crippen molar-refractivity contribution in [3.63, 3.8) is 0 Å². The van der Waals surface area contributed by atoms with E-state index in [9.17, 15) is 19.2 Å². The molecule has 0 spiro atoms. The largest absolute Gasteiger partial charge is 0.457 e. The molecule has 0 aliphatic rings. The summed E-state index contributed by atoms with van der Waals surface area (Å²) in [6, 6.07) is 19.3. The molecular weight excluding hydrogens is 510 g/mol. The third-order valence-electron chi connectivity index (χ3n) is 5.15. The van der Waals surface area contributed by atoms with E-state index in [1.165, 1.54) is 6.07 Å². The first-order valence-corrected chi connectivity index (χ1v) is 12.2. The molecule has 0 saturated carbocycles. The van der Waals surface area contributed by atoms with Crippen molar-refractivity contribution in [3.8, 4) is 11.5 Å². The summed E-state index contributed by atoms with van der Waals surface area (Å²) >= 11 is 5.92. The van der Waals surface area contributed by atoms with Crippen molar-refractivity contribution in [2.75, 3.05) is 11.9 Å². The van der Waals surface area contributed by atoms with Gasteiger partial charge in [0, 0.05) is 18.5 Å². The molecule has 0 atom stereocenters. The first-order valence-electron chi connectivity index (χ1n) is 11.8. The fourth-order valence-electron chi connectivity index (χ4n) is 3.44. The Balaban J connectivity index is 1.31. The predicted octanol–water partition coefficient (Wildman–Crippen LogP) is 4.86. The number of aryl methyl sites for hydroxylation is 2. The molecule has 38 heavy (non-hydrogen) atoms. The van der Waals surface area contributed by atoms with Gasteiger partial charge in [0.2, 0.25) is 5.91 Å². The number of esters is 1. The fraction of sp³-hybridized carbons (Fsp3) is 0.214. The summed E-state index contributed by atoms with van der Waals surface area (Å²) < 4.78 is 10.7. The van der Waals surface area contributed by atoms with Crippen molar-refractivity contribution in [1.29, 1.82) is 0 Å². The lowest BCUT2D eigenvalue weighted by atomic mass is 10.1. The molecule has 3 amide bonds. The van der Waals surface area contributed by atoms with Crippen LogP contribution in [0.25, 0.3) is 0 Å². The van der Waals surface area contributed by atoms with Gasteiger partial charge in [-0.25, -0.2) is 0 Å². The van der Waals surface area contributed by atoms with Gasteiger partial charge in [-0.3, -0.25) is 30.0 Å². The number of amides is 3. The fourth-order valence-corrected chi connectivity index (χ4v) is 3.67. The van der Waals surface area contributed by atoms with Crippen LogP contribution in [0.2, 0.25) is 5.02 Å². The number of hydrogen-bond acceptors (Lipinski definition) is 6. The van der Waals surface area contributed by atoms with Gasteiger partial charge in [0.15, 0.2) is 6.61 Å². The molecule has 3 N–H and O–H groups in total. The minimum Gasteiger partial charge on any atom is -0.457 e.